The first-order valence-electron chi connectivity index (χ1n) is 4.95. The van der Waals surface area contributed by atoms with Crippen molar-refractivity contribution in [1.29, 1.82) is 0 Å². The molecule has 4 nitrogen and oxygen atoms in total. The highest BCUT2D eigenvalue weighted by Crippen LogP contribution is 2.05. The van der Waals surface area contributed by atoms with Gasteiger partial charge >= 0.3 is 0 Å². The van der Waals surface area contributed by atoms with E-state index in [9.17, 15) is 13.4 Å². The summed E-state index contributed by atoms with van der Waals surface area (Å²) in [5.41, 5.74) is 0.276. The molecule has 6 heteroatoms. The van der Waals surface area contributed by atoms with Crippen LogP contribution in [0.25, 0.3) is 0 Å². The zero-order chi connectivity index (χ0) is 12.8. The number of aliphatic hydroxyl groups excluding tert-OH is 2. The monoisotopic (exact) mass is 260 g/mol. The summed E-state index contributed by atoms with van der Waals surface area (Å²) < 4.78 is 24.0. The second kappa shape index (κ2) is 6.58. The number of halogens is 1. The number of Topliss-reactive ketones (excluding diaryl/α,β-unsaturated/α-hetero) is 1. The summed E-state index contributed by atoms with van der Waals surface area (Å²) in [6.07, 6.45) is -1.09. The summed E-state index contributed by atoms with van der Waals surface area (Å²) in [4.78, 5) is 11.6. The van der Waals surface area contributed by atoms with Gasteiger partial charge in [-0.1, -0.05) is 0 Å². The number of carbonyl (C=O) groups excluding carboxylic acids is 1. The van der Waals surface area contributed by atoms with Crippen molar-refractivity contribution in [3.8, 4) is 0 Å². The van der Waals surface area contributed by atoms with Gasteiger partial charge in [-0.2, -0.15) is 0 Å². The van der Waals surface area contributed by atoms with Crippen LogP contribution in [0.2, 0.25) is 0 Å². The van der Waals surface area contributed by atoms with E-state index in [0.29, 0.717) is 0 Å². The second-order valence-electron chi connectivity index (χ2n) is 3.52. The van der Waals surface area contributed by atoms with Crippen molar-refractivity contribution in [2.45, 2.75) is 6.10 Å². The lowest BCUT2D eigenvalue weighted by Crippen LogP contribution is -2.24. The van der Waals surface area contributed by atoms with Crippen molar-refractivity contribution in [1.82, 2.24) is 0 Å². The number of ketones is 1. The maximum atomic E-state index is 12.6. The Morgan fingerprint density at radius 3 is 2.47 bits per heavy atom. The maximum Gasteiger partial charge on any atom is 0.175 e. The van der Waals surface area contributed by atoms with E-state index in [1.165, 1.54) is 12.1 Å². The Labute approximate surface area is 101 Å². The lowest BCUT2D eigenvalue weighted by atomic mass is 10.1. The van der Waals surface area contributed by atoms with Crippen molar-refractivity contribution >= 4 is 16.6 Å². The largest absolute Gasteiger partial charge is 0.394 e. The summed E-state index contributed by atoms with van der Waals surface area (Å²) in [5.74, 6) is -1.22. The third-order valence-corrected chi connectivity index (χ3v) is 3.39. The van der Waals surface area contributed by atoms with E-state index >= 15 is 0 Å². The van der Waals surface area contributed by atoms with E-state index in [1.807, 2.05) is 0 Å². The van der Waals surface area contributed by atoms with E-state index in [1.54, 1.807) is 0 Å². The van der Waals surface area contributed by atoms with Gasteiger partial charge in [0.2, 0.25) is 0 Å². The molecule has 0 aliphatic carbocycles. The highest BCUT2D eigenvalue weighted by Gasteiger charge is 2.14. The van der Waals surface area contributed by atoms with E-state index in [-0.39, 0.29) is 22.9 Å². The molecule has 0 bridgehead atoms. The Hall–Kier alpha value is -1.11. The van der Waals surface area contributed by atoms with E-state index < -0.39 is 29.3 Å². The Balaban J connectivity index is 2.54. The van der Waals surface area contributed by atoms with E-state index in [2.05, 4.69) is 0 Å². The van der Waals surface area contributed by atoms with Gasteiger partial charge in [-0.3, -0.25) is 9.00 Å². The third kappa shape index (κ3) is 4.72. The van der Waals surface area contributed by atoms with E-state index in [0.717, 1.165) is 12.1 Å². The molecular formula is C11H13FO4S. The molecule has 0 aliphatic heterocycles. The fourth-order valence-electron chi connectivity index (χ4n) is 1.19. The highest BCUT2D eigenvalue weighted by atomic mass is 32.2. The van der Waals surface area contributed by atoms with Crippen LogP contribution in [0.3, 0.4) is 0 Å². The van der Waals surface area contributed by atoms with Gasteiger partial charge in [0.1, 0.15) is 5.82 Å². The highest BCUT2D eigenvalue weighted by molar-refractivity contribution is 7.85. The minimum absolute atomic E-state index is 0.149. The van der Waals surface area contributed by atoms with Crippen LogP contribution in [0.1, 0.15) is 10.4 Å². The molecular weight excluding hydrogens is 247 g/mol. The average molecular weight is 260 g/mol. The summed E-state index contributed by atoms with van der Waals surface area (Å²) >= 11 is 0. The Kier molecular flexibility index (Phi) is 5.40. The summed E-state index contributed by atoms with van der Waals surface area (Å²) in [5, 5.41) is 17.6. The van der Waals surface area contributed by atoms with Gasteiger partial charge < -0.3 is 10.2 Å². The lowest BCUT2D eigenvalue weighted by Gasteiger charge is -2.06. The van der Waals surface area contributed by atoms with Gasteiger partial charge in [-0.05, 0) is 24.3 Å². The number of hydrogen-bond donors (Lipinski definition) is 2. The van der Waals surface area contributed by atoms with Gasteiger partial charge in [-0.15, -0.1) is 0 Å². The topological polar surface area (TPSA) is 74.6 Å². The molecule has 0 heterocycles. The van der Waals surface area contributed by atoms with Gasteiger partial charge in [-0.25, -0.2) is 4.39 Å². The molecule has 0 spiro atoms. The van der Waals surface area contributed by atoms with Crippen LogP contribution in [-0.4, -0.2) is 44.4 Å². The van der Waals surface area contributed by atoms with Crippen molar-refractivity contribution < 1.29 is 23.6 Å². The van der Waals surface area contributed by atoms with Crippen LogP contribution in [0, 0.1) is 5.82 Å². The predicted octanol–water partition coefficient (Wildman–Crippen LogP) is 0.110. The molecule has 0 amide bonds. The molecule has 0 aromatic heterocycles. The van der Waals surface area contributed by atoms with Crippen LogP contribution in [0.15, 0.2) is 24.3 Å². The zero-order valence-corrected chi connectivity index (χ0v) is 9.82. The Morgan fingerprint density at radius 1 is 1.35 bits per heavy atom. The predicted molar refractivity (Wildman–Crippen MR) is 61.7 cm³/mol. The first-order valence-corrected chi connectivity index (χ1v) is 6.44. The fraction of sp³-hybridized carbons (Fsp3) is 0.364. The van der Waals surface area contributed by atoms with Gasteiger partial charge in [0.05, 0.1) is 24.2 Å². The minimum atomic E-state index is -1.54. The number of carbonyl (C=O) groups is 1. The zero-order valence-electron chi connectivity index (χ0n) is 9.01. The molecule has 1 aromatic carbocycles. The molecule has 0 saturated carbocycles. The first kappa shape index (κ1) is 14.0. The van der Waals surface area contributed by atoms with E-state index in [4.69, 9.17) is 10.2 Å². The number of rotatable bonds is 6. The second-order valence-corrected chi connectivity index (χ2v) is 5.02. The van der Waals surface area contributed by atoms with Crippen molar-refractivity contribution in [3.05, 3.63) is 35.6 Å². The minimum Gasteiger partial charge on any atom is -0.394 e. The van der Waals surface area contributed by atoms with Crippen molar-refractivity contribution in [2.75, 3.05) is 18.1 Å². The fourth-order valence-corrected chi connectivity index (χ4v) is 2.30. The third-order valence-electron chi connectivity index (χ3n) is 2.05. The SMILES string of the molecule is O=C(CS(=O)CC(O)CO)c1ccc(F)cc1. The van der Waals surface area contributed by atoms with Crippen LogP contribution >= 0.6 is 0 Å². The van der Waals surface area contributed by atoms with Gasteiger partial charge in [0, 0.05) is 16.4 Å². The molecule has 2 N–H and O–H groups in total. The standard InChI is InChI=1S/C11H13FO4S/c12-9-3-1-8(2-4-9)11(15)7-17(16)6-10(14)5-13/h1-4,10,13-14H,5-7H2. The van der Waals surface area contributed by atoms with Crippen LogP contribution < -0.4 is 0 Å². The van der Waals surface area contributed by atoms with Crippen molar-refractivity contribution in [3.63, 3.8) is 0 Å². The molecule has 0 saturated heterocycles. The summed E-state index contributed by atoms with van der Waals surface area (Å²) in [6.45, 7) is -0.490. The molecule has 17 heavy (non-hydrogen) atoms. The Bertz CT molecular complexity index is 404. The smallest absolute Gasteiger partial charge is 0.175 e. The quantitative estimate of drug-likeness (QED) is 0.712. The molecule has 2 unspecified atom stereocenters. The summed E-state index contributed by atoms with van der Waals surface area (Å²) in [7, 11) is -1.54. The Morgan fingerprint density at radius 2 is 1.94 bits per heavy atom. The maximum absolute atomic E-state index is 12.6. The van der Waals surface area contributed by atoms with Crippen LogP contribution in [0.5, 0.6) is 0 Å². The van der Waals surface area contributed by atoms with Crippen molar-refractivity contribution in [2.24, 2.45) is 0 Å². The molecule has 2 atom stereocenters. The molecule has 1 rings (SSSR count). The molecule has 94 valence electrons. The van der Waals surface area contributed by atoms with Crippen LogP contribution in [0.4, 0.5) is 4.39 Å². The lowest BCUT2D eigenvalue weighted by molar-refractivity contribution is 0.101. The average Bonchev–Trinajstić information content (AvgIpc) is 2.29. The normalized spacial score (nSPS) is 14.3. The summed E-state index contributed by atoms with van der Waals surface area (Å²) in [6, 6.07) is 4.94. The molecule has 0 fully saturated rings. The number of hydrogen-bond acceptors (Lipinski definition) is 4. The van der Waals surface area contributed by atoms with Gasteiger partial charge in [0.15, 0.2) is 5.78 Å². The first-order chi connectivity index (χ1) is 8.02. The molecule has 0 aliphatic rings. The van der Waals surface area contributed by atoms with Crippen LogP contribution in [-0.2, 0) is 10.8 Å². The molecule has 1 aromatic rings. The van der Waals surface area contributed by atoms with Gasteiger partial charge in [0.25, 0.3) is 0 Å². The molecule has 0 radical (unpaired) electrons. The number of aliphatic hydroxyl groups is 2. The number of benzene rings is 1.